The summed E-state index contributed by atoms with van der Waals surface area (Å²) in [5.41, 5.74) is 4.52. The molecule has 0 aliphatic heterocycles. The minimum atomic E-state index is 0.0429. The Kier molecular flexibility index (Phi) is 4.51. The van der Waals surface area contributed by atoms with Crippen LogP contribution in [0.4, 0.5) is 5.69 Å². The highest BCUT2D eigenvalue weighted by atomic mass is 16.1. The number of anilines is 1. The minimum absolute atomic E-state index is 0.0429. The third kappa shape index (κ3) is 3.92. The zero-order valence-electron chi connectivity index (χ0n) is 12.3. The van der Waals surface area contributed by atoms with Gasteiger partial charge in [0.2, 0.25) is 5.91 Å². The van der Waals surface area contributed by atoms with Crippen molar-refractivity contribution in [2.24, 2.45) is 0 Å². The van der Waals surface area contributed by atoms with Crippen molar-refractivity contribution in [1.82, 2.24) is 0 Å². The maximum atomic E-state index is 11.9. The van der Waals surface area contributed by atoms with Crippen LogP contribution in [0.25, 0.3) is 0 Å². The van der Waals surface area contributed by atoms with E-state index in [0.717, 1.165) is 5.69 Å². The number of carbonyl (C=O) groups is 1. The van der Waals surface area contributed by atoms with Gasteiger partial charge >= 0.3 is 0 Å². The lowest BCUT2D eigenvalue weighted by Crippen LogP contribution is -2.34. The Morgan fingerprint density at radius 2 is 1.75 bits per heavy atom. The van der Waals surface area contributed by atoms with Crippen LogP contribution in [0.2, 0.25) is 0 Å². The van der Waals surface area contributed by atoms with Gasteiger partial charge in [0, 0.05) is 17.8 Å². The van der Waals surface area contributed by atoms with Crippen LogP contribution in [0.15, 0.2) is 42.7 Å². The molecule has 1 aromatic carbocycles. The van der Waals surface area contributed by atoms with Gasteiger partial charge in [0.15, 0.2) is 18.9 Å². The molecular weight excluding hydrogens is 248 g/mol. The summed E-state index contributed by atoms with van der Waals surface area (Å²) in [5, 5.41) is 2.94. The van der Waals surface area contributed by atoms with E-state index >= 15 is 0 Å². The molecule has 0 unspecified atom stereocenters. The van der Waals surface area contributed by atoms with Crippen LogP contribution >= 0.6 is 0 Å². The molecule has 2 aromatic rings. The molecule has 20 heavy (non-hydrogen) atoms. The number of hydrogen-bond donors (Lipinski definition) is 1. The molecule has 3 nitrogen and oxygen atoms in total. The first kappa shape index (κ1) is 14.3. The molecule has 0 saturated heterocycles. The molecule has 1 amide bonds. The molecule has 0 aliphatic carbocycles. The van der Waals surface area contributed by atoms with Crippen molar-refractivity contribution in [3.63, 3.8) is 0 Å². The SMILES string of the molecule is Cc1cc[n+](CCC(=O)Nc2ccc(C)c(C)c2)cc1. The highest BCUT2D eigenvalue weighted by molar-refractivity contribution is 5.90. The van der Waals surface area contributed by atoms with Crippen LogP contribution in [0.3, 0.4) is 0 Å². The number of aryl methyl sites for hydroxylation is 4. The van der Waals surface area contributed by atoms with Crippen LogP contribution < -0.4 is 9.88 Å². The lowest BCUT2D eigenvalue weighted by molar-refractivity contribution is -0.695. The summed E-state index contributed by atoms with van der Waals surface area (Å²) >= 11 is 0. The zero-order chi connectivity index (χ0) is 14.5. The van der Waals surface area contributed by atoms with Crippen molar-refractivity contribution in [2.45, 2.75) is 33.7 Å². The van der Waals surface area contributed by atoms with Crippen LogP contribution in [-0.4, -0.2) is 5.91 Å². The van der Waals surface area contributed by atoms with Gasteiger partial charge in [-0.3, -0.25) is 4.79 Å². The van der Waals surface area contributed by atoms with Crippen LogP contribution in [0, 0.1) is 20.8 Å². The largest absolute Gasteiger partial charge is 0.326 e. The smallest absolute Gasteiger partial charge is 0.230 e. The fourth-order valence-corrected chi connectivity index (χ4v) is 1.95. The molecule has 0 bridgehead atoms. The Morgan fingerprint density at radius 3 is 2.40 bits per heavy atom. The Hall–Kier alpha value is -2.16. The van der Waals surface area contributed by atoms with Gasteiger partial charge in [0.1, 0.15) is 0 Å². The monoisotopic (exact) mass is 269 g/mol. The number of nitrogens with one attached hydrogen (secondary N) is 1. The molecule has 1 heterocycles. The van der Waals surface area contributed by atoms with E-state index in [4.69, 9.17) is 0 Å². The number of pyridine rings is 1. The lowest BCUT2D eigenvalue weighted by Gasteiger charge is -2.06. The third-order valence-corrected chi connectivity index (χ3v) is 3.45. The molecule has 0 atom stereocenters. The Balaban J connectivity index is 1.89. The molecular formula is C17H21N2O+. The molecule has 2 rings (SSSR count). The molecule has 0 fully saturated rings. The minimum Gasteiger partial charge on any atom is -0.326 e. The standard InChI is InChI=1S/C17H20N2O/c1-13-6-9-19(10-7-13)11-8-17(20)18-16-5-4-14(2)15(3)12-16/h4-7,9-10,12H,8,11H2,1-3H3/p+1. The first-order valence-electron chi connectivity index (χ1n) is 6.87. The Bertz CT molecular complexity index is 603. The van der Waals surface area contributed by atoms with Gasteiger partial charge in [-0.05, 0) is 49.6 Å². The van der Waals surface area contributed by atoms with Gasteiger partial charge in [0.05, 0.1) is 6.42 Å². The van der Waals surface area contributed by atoms with Gasteiger partial charge < -0.3 is 5.32 Å². The number of benzene rings is 1. The number of rotatable bonds is 4. The van der Waals surface area contributed by atoms with Crippen molar-refractivity contribution in [1.29, 1.82) is 0 Å². The summed E-state index contributed by atoms with van der Waals surface area (Å²) in [4.78, 5) is 11.9. The number of aromatic nitrogens is 1. The van der Waals surface area contributed by atoms with Crippen LogP contribution in [0.1, 0.15) is 23.1 Å². The average molecular weight is 269 g/mol. The second-order valence-corrected chi connectivity index (χ2v) is 5.21. The molecule has 0 spiro atoms. The average Bonchev–Trinajstić information content (AvgIpc) is 2.42. The molecule has 0 saturated carbocycles. The quantitative estimate of drug-likeness (QED) is 0.851. The van der Waals surface area contributed by atoms with E-state index in [2.05, 4.69) is 19.2 Å². The maximum Gasteiger partial charge on any atom is 0.230 e. The number of amides is 1. The lowest BCUT2D eigenvalue weighted by atomic mass is 10.1. The zero-order valence-corrected chi connectivity index (χ0v) is 12.3. The van der Waals surface area contributed by atoms with E-state index in [-0.39, 0.29) is 5.91 Å². The fraction of sp³-hybridized carbons (Fsp3) is 0.294. The van der Waals surface area contributed by atoms with E-state index < -0.39 is 0 Å². The summed E-state index contributed by atoms with van der Waals surface area (Å²) in [6.45, 7) is 6.86. The molecule has 0 aliphatic rings. The summed E-state index contributed by atoms with van der Waals surface area (Å²) < 4.78 is 2.02. The Morgan fingerprint density at radius 1 is 1.05 bits per heavy atom. The molecule has 1 aromatic heterocycles. The normalized spacial score (nSPS) is 10.3. The summed E-state index contributed by atoms with van der Waals surface area (Å²) in [6.07, 6.45) is 4.47. The van der Waals surface area contributed by atoms with Crippen LogP contribution in [-0.2, 0) is 11.3 Å². The predicted octanol–water partition coefficient (Wildman–Crippen LogP) is 2.93. The van der Waals surface area contributed by atoms with Gasteiger partial charge in [-0.1, -0.05) is 6.07 Å². The fourth-order valence-electron chi connectivity index (χ4n) is 1.95. The van der Waals surface area contributed by atoms with E-state index in [1.54, 1.807) is 0 Å². The van der Waals surface area contributed by atoms with Crippen molar-refractivity contribution in [3.05, 3.63) is 59.4 Å². The van der Waals surface area contributed by atoms with E-state index in [9.17, 15) is 4.79 Å². The summed E-state index contributed by atoms with van der Waals surface area (Å²) in [7, 11) is 0. The van der Waals surface area contributed by atoms with Crippen molar-refractivity contribution in [2.75, 3.05) is 5.32 Å². The van der Waals surface area contributed by atoms with Gasteiger partial charge in [-0.25, -0.2) is 4.57 Å². The van der Waals surface area contributed by atoms with Crippen molar-refractivity contribution >= 4 is 11.6 Å². The predicted molar refractivity (Wildman–Crippen MR) is 80.5 cm³/mol. The highest BCUT2D eigenvalue weighted by Gasteiger charge is 2.07. The molecule has 104 valence electrons. The summed E-state index contributed by atoms with van der Waals surface area (Å²) in [5.74, 6) is 0.0429. The van der Waals surface area contributed by atoms with E-state index in [0.29, 0.717) is 13.0 Å². The van der Waals surface area contributed by atoms with Gasteiger partial charge in [-0.2, -0.15) is 0 Å². The molecule has 0 radical (unpaired) electrons. The highest BCUT2D eigenvalue weighted by Crippen LogP contribution is 2.14. The van der Waals surface area contributed by atoms with Crippen LogP contribution in [0.5, 0.6) is 0 Å². The second kappa shape index (κ2) is 6.33. The van der Waals surface area contributed by atoms with Crippen molar-refractivity contribution in [3.8, 4) is 0 Å². The number of nitrogens with zero attached hydrogens (tertiary/aromatic N) is 1. The maximum absolute atomic E-state index is 11.9. The number of carbonyl (C=O) groups excluding carboxylic acids is 1. The van der Waals surface area contributed by atoms with Gasteiger partial charge in [-0.15, -0.1) is 0 Å². The van der Waals surface area contributed by atoms with E-state index in [1.807, 2.05) is 54.2 Å². The first-order chi connectivity index (χ1) is 9.54. The second-order valence-electron chi connectivity index (χ2n) is 5.21. The Labute approximate surface area is 120 Å². The third-order valence-electron chi connectivity index (χ3n) is 3.45. The van der Waals surface area contributed by atoms with Gasteiger partial charge in [0.25, 0.3) is 0 Å². The molecule has 3 heteroatoms. The first-order valence-corrected chi connectivity index (χ1v) is 6.87. The molecule has 1 N–H and O–H groups in total. The van der Waals surface area contributed by atoms with Crippen molar-refractivity contribution < 1.29 is 9.36 Å². The topological polar surface area (TPSA) is 33.0 Å². The summed E-state index contributed by atoms with van der Waals surface area (Å²) in [6, 6.07) is 10.1. The number of hydrogen-bond acceptors (Lipinski definition) is 1. The van der Waals surface area contributed by atoms with E-state index in [1.165, 1.54) is 16.7 Å².